The molecule has 4 nitrogen and oxygen atoms in total. The van der Waals surface area contributed by atoms with Gasteiger partial charge in [-0.3, -0.25) is 4.79 Å². The minimum absolute atomic E-state index is 0.0944. The number of carbonyl (C=O) groups is 1. The van der Waals surface area contributed by atoms with E-state index in [1.165, 1.54) is 6.92 Å². The molecule has 1 aromatic rings. The third-order valence-electron chi connectivity index (χ3n) is 4.13. The fraction of sp³-hybridized carbons (Fsp3) is 0.682. The van der Waals surface area contributed by atoms with E-state index in [0.717, 1.165) is 12.0 Å². The first-order chi connectivity index (χ1) is 11.7. The molecule has 0 aliphatic heterocycles. The van der Waals surface area contributed by atoms with Crippen LogP contribution in [0.1, 0.15) is 90.6 Å². The van der Waals surface area contributed by atoms with Crippen LogP contribution in [0.4, 0.5) is 0 Å². The molecule has 148 valence electrons. The van der Waals surface area contributed by atoms with E-state index in [4.69, 9.17) is 9.47 Å². The Hall–Kier alpha value is -1.39. The van der Waals surface area contributed by atoms with Crippen molar-refractivity contribution in [2.75, 3.05) is 0 Å². The van der Waals surface area contributed by atoms with Gasteiger partial charge < -0.3 is 14.6 Å². The number of benzene rings is 1. The fourth-order valence-corrected chi connectivity index (χ4v) is 2.99. The Balaban J connectivity index is 3.16. The molecule has 0 radical (unpaired) electrons. The van der Waals surface area contributed by atoms with E-state index in [-0.39, 0.29) is 11.2 Å². The molecule has 0 fully saturated rings. The highest BCUT2D eigenvalue weighted by Crippen LogP contribution is 2.38. The molecule has 0 saturated carbocycles. The van der Waals surface area contributed by atoms with Crippen LogP contribution >= 0.6 is 0 Å². The quantitative estimate of drug-likeness (QED) is 0.510. The van der Waals surface area contributed by atoms with Crippen molar-refractivity contribution in [2.24, 2.45) is 11.3 Å². The first kappa shape index (κ1) is 22.7. The average Bonchev–Trinajstić information content (AvgIpc) is 2.41. The molecule has 0 amide bonds. The van der Waals surface area contributed by atoms with Gasteiger partial charge in [0.2, 0.25) is 0 Å². The average molecular weight is 365 g/mol. The molecule has 1 rings (SSSR count). The van der Waals surface area contributed by atoms with Gasteiger partial charge in [-0.2, -0.15) is 0 Å². The smallest absolute Gasteiger partial charge is 0.313 e. The Morgan fingerprint density at radius 1 is 1.12 bits per heavy atom. The Morgan fingerprint density at radius 2 is 1.69 bits per heavy atom. The number of ether oxygens (including phenoxy) is 2. The molecule has 4 heteroatoms. The number of carbonyl (C=O) groups excluding carboxylic acids is 1. The summed E-state index contributed by atoms with van der Waals surface area (Å²) in [4.78, 5) is 12.2. The maximum absolute atomic E-state index is 12.2. The monoisotopic (exact) mass is 364 g/mol. The van der Waals surface area contributed by atoms with Gasteiger partial charge in [0.05, 0.1) is 11.2 Å². The number of hydrogen-bond acceptors (Lipinski definition) is 4. The second-order valence-corrected chi connectivity index (χ2v) is 9.58. The minimum atomic E-state index is -1.42. The molecule has 26 heavy (non-hydrogen) atoms. The van der Waals surface area contributed by atoms with Crippen LogP contribution in [0.25, 0.3) is 0 Å². The highest BCUT2D eigenvalue weighted by Gasteiger charge is 2.25. The van der Waals surface area contributed by atoms with Crippen LogP contribution in [0.15, 0.2) is 18.2 Å². The lowest BCUT2D eigenvalue weighted by molar-refractivity contribution is -0.259. The summed E-state index contributed by atoms with van der Waals surface area (Å²) in [6.07, 6.45) is 1.03. The zero-order chi connectivity index (χ0) is 20.3. The Labute approximate surface area is 158 Å². The van der Waals surface area contributed by atoms with Gasteiger partial charge in [-0.15, -0.1) is 0 Å². The molecular weight excluding hydrogens is 328 g/mol. The lowest BCUT2D eigenvalue weighted by Gasteiger charge is -2.30. The number of aliphatic hydroxyl groups excluding tert-OH is 1. The molecule has 0 bridgehead atoms. The van der Waals surface area contributed by atoms with Crippen LogP contribution in [-0.2, 0) is 4.74 Å². The van der Waals surface area contributed by atoms with Crippen molar-refractivity contribution in [3.8, 4) is 5.75 Å². The van der Waals surface area contributed by atoms with Crippen LogP contribution in [-0.4, -0.2) is 23.0 Å². The van der Waals surface area contributed by atoms with Crippen molar-refractivity contribution in [2.45, 2.75) is 86.7 Å². The topological polar surface area (TPSA) is 55.8 Å². The molecule has 2 atom stereocenters. The van der Waals surface area contributed by atoms with Crippen LogP contribution in [0, 0.1) is 11.3 Å². The molecular formula is C22H36O4. The van der Waals surface area contributed by atoms with E-state index in [1.54, 1.807) is 6.07 Å². The highest BCUT2D eigenvalue weighted by atomic mass is 16.8. The molecule has 1 aromatic carbocycles. The number of Topliss-reactive ketones (excluding diaryl/α,β-unsaturated/α-hetero) is 1. The standard InChI is InChI=1S/C22H36O4/c1-14(2)18(13-21(4,5)6)16-10-11-19(17(12-16)15(3)23)25-20(24)26-22(7,8)9/h10-12,14,18,20,24H,13H2,1-9H3. The van der Waals surface area contributed by atoms with Crippen LogP contribution in [0.2, 0.25) is 0 Å². The second-order valence-electron chi connectivity index (χ2n) is 9.58. The van der Waals surface area contributed by atoms with Crippen molar-refractivity contribution in [3.05, 3.63) is 29.3 Å². The Morgan fingerprint density at radius 3 is 2.12 bits per heavy atom. The lowest BCUT2D eigenvalue weighted by atomic mass is 9.76. The third kappa shape index (κ3) is 7.46. The molecule has 1 N–H and O–H groups in total. The number of aliphatic hydroxyl groups is 1. The second kappa shape index (κ2) is 8.53. The maximum atomic E-state index is 12.2. The van der Waals surface area contributed by atoms with Crippen molar-refractivity contribution < 1.29 is 19.4 Å². The summed E-state index contributed by atoms with van der Waals surface area (Å²) in [6, 6.07) is 5.65. The van der Waals surface area contributed by atoms with Gasteiger partial charge in [-0.05, 0) is 69.1 Å². The van der Waals surface area contributed by atoms with Crippen molar-refractivity contribution in [1.82, 2.24) is 0 Å². The Bertz CT molecular complexity index is 606. The van der Waals surface area contributed by atoms with E-state index < -0.39 is 12.1 Å². The lowest BCUT2D eigenvalue weighted by Crippen LogP contribution is -2.31. The van der Waals surface area contributed by atoms with Crippen LogP contribution in [0.3, 0.4) is 0 Å². The van der Waals surface area contributed by atoms with Gasteiger partial charge in [-0.25, -0.2) is 0 Å². The number of ketones is 1. The van der Waals surface area contributed by atoms with E-state index >= 15 is 0 Å². The van der Waals surface area contributed by atoms with Gasteiger partial charge in [0.1, 0.15) is 5.75 Å². The van der Waals surface area contributed by atoms with Crippen molar-refractivity contribution in [3.63, 3.8) is 0 Å². The Kier molecular flexibility index (Phi) is 7.43. The molecule has 0 heterocycles. The summed E-state index contributed by atoms with van der Waals surface area (Å²) >= 11 is 0. The van der Waals surface area contributed by atoms with Crippen LogP contribution < -0.4 is 4.74 Å². The van der Waals surface area contributed by atoms with Crippen molar-refractivity contribution >= 4 is 5.78 Å². The fourth-order valence-electron chi connectivity index (χ4n) is 2.99. The predicted octanol–water partition coefficient (Wildman–Crippen LogP) is 5.53. The minimum Gasteiger partial charge on any atom is -0.441 e. The zero-order valence-corrected chi connectivity index (χ0v) is 17.8. The maximum Gasteiger partial charge on any atom is 0.313 e. The van der Waals surface area contributed by atoms with Gasteiger partial charge in [0.15, 0.2) is 5.78 Å². The van der Waals surface area contributed by atoms with Gasteiger partial charge in [0, 0.05) is 0 Å². The van der Waals surface area contributed by atoms with E-state index in [2.05, 4.69) is 34.6 Å². The molecule has 2 unspecified atom stereocenters. The van der Waals surface area contributed by atoms with Crippen LogP contribution in [0.5, 0.6) is 5.75 Å². The van der Waals surface area contributed by atoms with E-state index in [9.17, 15) is 9.90 Å². The van der Waals surface area contributed by atoms with Crippen molar-refractivity contribution in [1.29, 1.82) is 0 Å². The summed E-state index contributed by atoms with van der Waals surface area (Å²) in [5.41, 5.74) is 1.24. The van der Waals surface area contributed by atoms with Gasteiger partial charge >= 0.3 is 6.48 Å². The molecule has 0 spiro atoms. The first-order valence-electron chi connectivity index (χ1n) is 9.37. The molecule has 0 aromatic heterocycles. The summed E-state index contributed by atoms with van der Waals surface area (Å²) in [7, 11) is 0. The normalized spacial score (nSPS) is 15.0. The SMILES string of the molecule is CC(=O)c1cc(C(CC(C)(C)C)C(C)C)ccc1OC(O)OC(C)(C)C. The molecule has 0 aliphatic carbocycles. The zero-order valence-electron chi connectivity index (χ0n) is 17.8. The van der Waals surface area contributed by atoms with Gasteiger partial charge in [0.25, 0.3) is 0 Å². The summed E-state index contributed by atoms with van der Waals surface area (Å²) in [6.45, 7) is 16.7. The first-order valence-corrected chi connectivity index (χ1v) is 9.37. The molecule has 0 saturated heterocycles. The third-order valence-corrected chi connectivity index (χ3v) is 4.13. The summed E-state index contributed by atoms with van der Waals surface area (Å²) < 4.78 is 10.9. The summed E-state index contributed by atoms with van der Waals surface area (Å²) in [5.74, 6) is 1.05. The highest BCUT2D eigenvalue weighted by molar-refractivity contribution is 5.97. The largest absolute Gasteiger partial charge is 0.441 e. The predicted molar refractivity (Wildman–Crippen MR) is 106 cm³/mol. The number of rotatable bonds is 7. The van der Waals surface area contributed by atoms with E-state index in [1.807, 2.05) is 32.9 Å². The van der Waals surface area contributed by atoms with E-state index in [0.29, 0.717) is 23.1 Å². The molecule has 0 aliphatic rings. The van der Waals surface area contributed by atoms with Gasteiger partial charge in [-0.1, -0.05) is 40.7 Å². The number of hydrogen-bond donors (Lipinski definition) is 1. The summed E-state index contributed by atoms with van der Waals surface area (Å²) in [5, 5.41) is 10.0.